The predicted octanol–water partition coefficient (Wildman–Crippen LogP) is 7.68. The molecule has 0 amide bonds. The maximum Gasteiger partial charge on any atom is 0.339 e. The molecule has 4 aromatic carbocycles. The molecule has 0 unspecified atom stereocenters. The number of phenols is 2. The van der Waals surface area contributed by atoms with Crippen molar-refractivity contribution in [3.8, 4) is 17.2 Å². The molecule has 42 heavy (non-hydrogen) atoms. The number of rotatable bonds is 13. The van der Waals surface area contributed by atoms with Gasteiger partial charge in [0.2, 0.25) is 0 Å². The maximum absolute atomic E-state index is 12.4. The maximum atomic E-state index is 12.4. The molecule has 0 heterocycles. The summed E-state index contributed by atoms with van der Waals surface area (Å²) in [6.45, 7) is 2.85. The second-order valence-corrected chi connectivity index (χ2v) is 9.72. The summed E-state index contributed by atoms with van der Waals surface area (Å²) in [5.74, 6) is -1.52. The molecule has 0 atom stereocenters. The van der Waals surface area contributed by atoms with Gasteiger partial charge in [-0.25, -0.2) is 4.79 Å². The average Bonchev–Trinajstić information content (AvgIpc) is 3.01. The van der Waals surface area contributed by atoms with Crippen LogP contribution in [0, 0.1) is 0 Å². The Labute approximate surface area is 246 Å². The smallest absolute Gasteiger partial charge is 0.339 e. The Bertz CT molecular complexity index is 1460. The zero-order valence-electron chi connectivity index (χ0n) is 23.7. The third-order valence-electron chi connectivity index (χ3n) is 6.54. The van der Waals surface area contributed by atoms with Gasteiger partial charge in [-0.3, -0.25) is 9.59 Å². The van der Waals surface area contributed by atoms with Crippen LogP contribution >= 0.6 is 0 Å². The van der Waals surface area contributed by atoms with Gasteiger partial charge in [0.1, 0.15) is 22.8 Å². The lowest BCUT2D eigenvalue weighted by molar-refractivity contribution is 0.0693. The first kappa shape index (κ1) is 31.6. The lowest BCUT2D eigenvalue weighted by Crippen LogP contribution is -2.04. The quantitative estimate of drug-likeness (QED) is 0.112. The molecule has 0 fully saturated rings. The van der Waals surface area contributed by atoms with Crippen LogP contribution in [-0.2, 0) is 0 Å². The molecule has 0 saturated heterocycles. The molecule has 0 saturated carbocycles. The number of benzene rings is 4. The summed E-state index contributed by atoms with van der Waals surface area (Å²) >= 11 is 0. The van der Waals surface area contributed by atoms with Crippen molar-refractivity contribution in [1.29, 1.82) is 0 Å². The summed E-state index contributed by atoms with van der Waals surface area (Å²) in [6.07, 6.45) is 7.25. The molecular weight excluding hydrogens is 532 g/mol. The molecule has 3 N–H and O–H groups in total. The van der Waals surface area contributed by atoms with Gasteiger partial charge in [-0.2, -0.15) is 0 Å². The summed E-state index contributed by atoms with van der Waals surface area (Å²) < 4.78 is 5.66. The molecule has 218 valence electrons. The third-order valence-corrected chi connectivity index (χ3v) is 6.54. The van der Waals surface area contributed by atoms with Gasteiger partial charge in [-0.15, -0.1) is 0 Å². The lowest BCUT2D eigenvalue weighted by atomic mass is 10.0. The second kappa shape index (κ2) is 16.4. The van der Waals surface area contributed by atoms with Crippen LogP contribution in [0.4, 0.5) is 0 Å². The highest BCUT2D eigenvalue weighted by molar-refractivity contribution is 6.11. The number of hydrogen-bond acceptors (Lipinski definition) is 6. The van der Waals surface area contributed by atoms with E-state index >= 15 is 0 Å². The normalized spacial score (nSPS) is 10.3. The Hall–Kier alpha value is -4.91. The van der Waals surface area contributed by atoms with Crippen LogP contribution in [0.2, 0.25) is 0 Å². The van der Waals surface area contributed by atoms with Crippen molar-refractivity contribution in [3.05, 3.63) is 125 Å². The number of ether oxygens (including phenoxy) is 1. The summed E-state index contributed by atoms with van der Waals surface area (Å²) in [4.78, 5) is 35.3. The van der Waals surface area contributed by atoms with Crippen LogP contribution in [0.1, 0.15) is 87.6 Å². The summed E-state index contributed by atoms with van der Waals surface area (Å²) in [5.41, 5.74) is 1.29. The van der Waals surface area contributed by atoms with E-state index in [-0.39, 0.29) is 34.2 Å². The van der Waals surface area contributed by atoms with E-state index in [2.05, 4.69) is 6.92 Å². The minimum Gasteiger partial charge on any atom is -0.507 e. The van der Waals surface area contributed by atoms with Gasteiger partial charge in [-0.05, 0) is 36.8 Å². The summed E-state index contributed by atoms with van der Waals surface area (Å²) in [6, 6.07) is 26.2. The van der Waals surface area contributed by atoms with Gasteiger partial charge >= 0.3 is 5.97 Å². The summed E-state index contributed by atoms with van der Waals surface area (Å²) in [7, 11) is 0. The number of carboxylic acid groups (broad SMARTS) is 1. The molecule has 7 heteroatoms. The number of aromatic hydroxyl groups is 2. The lowest BCUT2D eigenvalue weighted by Gasteiger charge is -2.09. The van der Waals surface area contributed by atoms with E-state index in [0.717, 1.165) is 12.8 Å². The minimum atomic E-state index is -1.27. The van der Waals surface area contributed by atoms with Gasteiger partial charge in [-0.1, -0.05) is 99.7 Å². The van der Waals surface area contributed by atoms with Crippen molar-refractivity contribution in [2.45, 2.75) is 45.4 Å². The SMILES string of the molecule is CCCCCCCCOc1ccc(C(=O)c2ccccc2)c(O)c1.O=C(c1ccccc1)c1ccc(O)c(C(=O)O)c1. The first-order valence-corrected chi connectivity index (χ1v) is 14.0. The number of unbranched alkanes of at least 4 members (excludes halogenated alkanes) is 5. The molecule has 0 spiro atoms. The molecule has 7 nitrogen and oxygen atoms in total. The first-order chi connectivity index (χ1) is 20.3. The highest BCUT2D eigenvalue weighted by atomic mass is 16.5. The Kier molecular flexibility index (Phi) is 12.3. The van der Waals surface area contributed by atoms with E-state index < -0.39 is 5.97 Å². The fourth-order valence-electron chi connectivity index (χ4n) is 4.22. The van der Waals surface area contributed by atoms with Crippen LogP contribution in [0.15, 0.2) is 97.1 Å². The van der Waals surface area contributed by atoms with Crippen molar-refractivity contribution in [2.24, 2.45) is 0 Å². The number of phenolic OH excluding ortho intramolecular Hbond substituents is 1. The number of ketones is 2. The largest absolute Gasteiger partial charge is 0.507 e. The highest BCUT2D eigenvalue weighted by Gasteiger charge is 2.15. The van der Waals surface area contributed by atoms with Gasteiger partial charge < -0.3 is 20.1 Å². The van der Waals surface area contributed by atoms with Crippen LogP contribution in [-0.4, -0.2) is 39.5 Å². The van der Waals surface area contributed by atoms with Crippen LogP contribution in [0.5, 0.6) is 17.2 Å². The van der Waals surface area contributed by atoms with E-state index in [9.17, 15) is 24.6 Å². The number of carbonyl (C=O) groups is 3. The van der Waals surface area contributed by atoms with Crippen molar-refractivity contribution in [2.75, 3.05) is 6.61 Å². The van der Waals surface area contributed by atoms with Crippen molar-refractivity contribution in [3.63, 3.8) is 0 Å². The molecular formula is C35H36O7. The third kappa shape index (κ3) is 9.34. The first-order valence-electron chi connectivity index (χ1n) is 14.0. The van der Waals surface area contributed by atoms with Crippen molar-refractivity contribution >= 4 is 17.5 Å². The van der Waals surface area contributed by atoms with Gasteiger partial charge in [0, 0.05) is 22.8 Å². The molecule has 0 bridgehead atoms. The number of carboxylic acids is 1. The van der Waals surface area contributed by atoms with E-state index in [0.29, 0.717) is 29.0 Å². The topological polar surface area (TPSA) is 121 Å². The van der Waals surface area contributed by atoms with Gasteiger partial charge in [0.25, 0.3) is 0 Å². The van der Waals surface area contributed by atoms with Crippen molar-refractivity contribution in [1.82, 2.24) is 0 Å². The fraction of sp³-hybridized carbons (Fsp3) is 0.229. The Morgan fingerprint density at radius 2 is 1.19 bits per heavy atom. The van der Waals surface area contributed by atoms with Crippen LogP contribution < -0.4 is 4.74 Å². The Balaban J connectivity index is 0.000000240. The van der Waals surface area contributed by atoms with Crippen LogP contribution in [0.25, 0.3) is 0 Å². The van der Waals surface area contributed by atoms with E-state index in [1.165, 1.54) is 49.9 Å². The Morgan fingerprint density at radius 3 is 1.79 bits per heavy atom. The van der Waals surface area contributed by atoms with E-state index in [1.807, 2.05) is 18.2 Å². The fourth-order valence-corrected chi connectivity index (χ4v) is 4.22. The van der Waals surface area contributed by atoms with Gasteiger partial charge in [0.15, 0.2) is 11.6 Å². The number of carbonyl (C=O) groups excluding carboxylic acids is 2. The minimum absolute atomic E-state index is 0.0377. The van der Waals surface area contributed by atoms with E-state index in [1.54, 1.807) is 54.6 Å². The molecule has 0 aromatic heterocycles. The molecule has 0 radical (unpaired) electrons. The second-order valence-electron chi connectivity index (χ2n) is 9.72. The van der Waals surface area contributed by atoms with Crippen molar-refractivity contribution < 1.29 is 34.4 Å². The molecule has 0 aliphatic carbocycles. The zero-order valence-corrected chi connectivity index (χ0v) is 23.7. The number of hydrogen-bond donors (Lipinski definition) is 3. The zero-order chi connectivity index (χ0) is 30.3. The molecule has 4 aromatic rings. The average molecular weight is 569 g/mol. The predicted molar refractivity (Wildman–Crippen MR) is 162 cm³/mol. The molecule has 0 aliphatic heterocycles. The monoisotopic (exact) mass is 568 g/mol. The standard InChI is InChI=1S/C21H26O3.C14H10O4/c1-2-3-4-5-6-10-15-24-18-13-14-19(20(22)16-18)21(23)17-11-8-7-9-12-17;15-12-7-6-10(8-11(12)14(17)18)13(16)9-4-2-1-3-5-9/h7-9,11-14,16,22H,2-6,10,15H2,1H3;1-8,15H,(H,17,18). The van der Waals surface area contributed by atoms with E-state index in [4.69, 9.17) is 9.84 Å². The highest BCUT2D eigenvalue weighted by Crippen LogP contribution is 2.26. The molecule has 4 rings (SSSR count). The molecule has 0 aliphatic rings. The Morgan fingerprint density at radius 1 is 0.595 bits per heavy atom. The van der Waals surface area contributed by atoms with Gasteiger partial charge in [0.05, 0.1) is 12.2 Å². The van der Waals surface area contributed by atoms with Crippen LogP contribution in [0.3, 0.4) is 0 Å². The number of aromatic carboxylic acids is 1. The summed E-state index contributed by atoms with van der Waals surface area (Å²) in [5, 5.41) is 28.4.